The summed E-state index contributed by atoms with van der Waals surface area (Å²) in [7, 11) is 0. The summed E-state index contributed by atoms with van der Waals surface area (Å²) >= 11 is 1.13. The minimum absolute atomic E-state index is 0.0451. The Hall–Kier alpha value is -4.61. The molecular formula is C32H29N5O5S. The van der Waals surface area contributed by atoms with Crippen LogP contribution in [0.5, 0.6) is 0 Å². The number of amides is 2. The number of aromatic carboxylic acids is 1. The number of ether oxygens (including phenoxy) is 1. The lowest BCUT2D eigenvalue weighted by Gasteiger charge is -2.53. The number of nitrogens with one attached hydrogen (secondary N) is 1. The van der Waals surface area contributed by atoms with Gasteiger partial charge in [0.15, 0.2) is 0 Å². The first kappa shape index (κ1) is 27.2. The van der Waals surface area contributed by atoms with E-state index in [1.807, 2.05) is 24.3 Å². The number of thiazole rings is 1. The van der Waals surface area contributed by atoms with E-state index >= 15 is 0 Å². The van der Waals surface area contributed by atoms with Crippen LogP contribution in [0, 0.1) is 5.41 Å². The Balaban J connectivity index is 1.06. The maximum atomic E-state index is 13.7. The van der Waals surface area contributed by atoms with Gasteiger partial charge in [-0.2, -0.15) is 0 Å². The normalized spacial score (nSPS) is 16.9. The number of hydrogen-bond acceptors (Lipinski definition) is 8. The molecule has 10 nitrogen and oxygen atoms in total. The molecule has 0 atom stereocenters. The Morgan fingerprint density at radius 1 is 0.977 bits per heavy atom. The van der Waals surface area contributed by atoms with Gasteiger partial charge in [-0.3, -0.25) is 9.59 Å². The summed E-state index contributed by atoms with van der Waals surface area (Å²) in [4.78, 5) is 52.0. The summed E-state index contributed by atoms with van der Waals surface area (Å²) in [5.74, 6) is -0.814. The van der Waals surface area contributed by atoms with E-state index in [0.717, 1.165) is 60.9 Å². The van der Waals surface area contributed by atoms with Crippen LogP contribution in [0.4, 0.5) is 17.2 Å². The van der Waals surface area contributed by atoms with E-state index in [0.29, 0.717) is 47.0 Å². The number of carboxylic acids is 1. The van der Waals surface area contributed by atoms with Crippen LogP contribution in [0.15, 0.2) is 66.9 Å². The molecule has 0 saturated carbocycles. The van der Waals surface area contributed by atoms with Gasteiger partial charge in [0, 0.05) is 67.7 Å². The third kappa shape index (κ3) is 5.04. The molecule has 0 unspecified atom stereocenters. The number of aromatic nitrogens is 2. The number of fused-ring (bicyclic) bond motifs is 3. The van der Waals surface area contributed by atoms with Crippen LogP contribution in [0.1, 0.15) is 49.1 Å². The zero-order valence-corrected chi connectivity index (χ0v) is 24.1. The molecule has 0 radical (unpaired) electrons. The molecule has 3 aliphatic rings. The van der Waals surface area contributed by atoms with Crippen molar-refractivity contribution in [3.63, 3.8) is 0 Å². The molecule has 2 fully saturated rings. The van der Waals surface area contributed by atoms with E-state index in [1.54, 1.807) is 47.5 Å². The third-order valence-electron chi connectivity index (χ3n) is 8.46. The maximum absolute atomic E-state index is 13.7. The van der Waals surface area contributed by atoms with Gasteiger partial charge < -0.3 is 25.0 Å². The fourth-order valence-electron chi connectivity index (χ4n) is 6.18. The lowest BCUT2D eigenvalue weighted by atomic mass is 9.73. The van der Waals surface area contributed by atoms with E-state index in [-0.39, 0.29) is 22.2 Å². The van der Waals surface area contributed by atoms with Crippen molar-refractivity contribution in [3.05, 3.63) is 88.7 Å². The van der Waals surface area contributed by atoms with Gasteiger partial charge >= 0.3 is 5.97 Å². The SMILES string of the molecule is O=C(O)c1nc2c(s1)-c1ccccc1N(C(=O)c1ccc(NC(=O)c3cccnc3N3CC4(CCOCC4)C3)cc1)CC2. The third-order valence-corrected chi connectivity index (χ3v) is 9.58. The number of rotatable bonds is 5. The monoisotopic (exact) mass is 595 g/mol. The van der Waals surface area contributed by atoms with Crippen LogP contribution in [0.2, 0.25) is 0 Å². The van der Waals surface area contributed by atoms with Gasteiger partial charge in [-0.15, -0.1) is 11.3 Å². The lowest BCUT2D eigenvalue weighted by Crippen LogP contribution is -2.59. The molecule has 218 valence electrons. The number of nitrogens with zero attached hydrogens (tertiary/aromatic N) is 4. The van der Waals surface area contributed by atoms with Gasteiger partial charge in [0.25, 0.3) is 11.8 Å². The number of pyridine rings is 1. The molecular weight excluding hydrogens is 566 g/mol. The highest BCUT2D eigenvalue weighted by atomic mass is 32.1. The van der Waals surface area contributed by atoms with Gasteiger partial charge in [0.1, 0.15) is 5.82 Å². The van der Waals surface area contributed by atoms with Crippen molar-refractivity contribution in [1.82, 2.24) is 9.97 Å². The number of carboxylic acid groups (broad SMARTS) is 1. The van der Waals surface area contributed by atoms with Gasteiger partial charge in [0.2, 0.25) is 5.01 Å². The number of para-hydroxylation sites is 1. The Morgan fingerprint density at radius 3 is 2.51 bits per heavy atom. The number of hydrogen-bond donors (Lipinski definition) is 2. The zero-order chi connectivity index (χ0) is 29.6. The summed E-state index contributed by atoms with van der Waals surface area (Å²) in [5, 5.41) is 12.4. The standard InChI is InChI=1S/C32H29N5O5S/c38-28(23-5-3-14-33-27(23)36-18-32(19-36)12-16-42-17-13-32)34-21-9-7-20(8-10-21)30(39)37-15-11-24-26(43-29(35-24)31(40)41)22-4-1-2-6-25(22)37/h1-10,14H,11-13,15-19H2,(H,34,38)(H,40,41). The molecule has 2 amide bonds. The number of anilines is 3. The minimum atomic E-state index is -1.06. The molecule has 0 bridgehead atoms. The second kappa shape index (κ2) is 10.9. The number of benzene rings is 2. The summed E-state index contributed by atoms with van der Waals surface area (Å²) in [6, 6.07) is 17.9. The number of carbonyl (C=O) groups is 3. The first-order valence-corrected chi connectivity index (χ1v) is 15.1. The highest BCUT2D eigenvalue weighted by Gasteiger charge is 2.45. The second-order valence-electron chi connectivity index (χ2n) is 11.2. The predicted molar refractivity (Wildman–Crippen MR) is 163 cm³/mol. The van der Waals surface area contributed by atoms with Crippen LogP contribution in [-0.2, 0) is 11.2 Å². The van der Waals surface area contributed by atoms with Crippen LogP contribution >= 0.6 is 11.3 Å². The lowest BCUT2D eigenvalue weighted by molar-refractivity contribution is -0.000511. The fraction of sp³-hybridized carbons (Fsp3) is 0.281. The first-order chi connectivity index (χ1) is 20.9. The molecule has 3 aliphatic heterocycles. The molecule has 2 aromatic heterocycles. The predicted octanol–water partition coefficient (Wildman–Crippen LogP) is 4.98. The summed E-state index contributed by atoms with van der Waals surface area (Å²) in [6.45, 7) is 3.67. The highest BCUT2D eigenvalue weighted by Crippen LogP contribution is 2.43. The van der Waals surface area contributed by atoms with Gasteiger partial charge in [0.05, 0.1) is 21.8 Å². The quantitative estimate of drug-likeness (QED) is 0.331. The van der Waals surface area contributed by atoms with E-state index in [4.69, 9.17) is 4.74 Å². The van der Waals surface area contributed by atoms with Gasteiger partial charge in [-0.1, -0.05) is 18.2 Å². The van der Waals surface area contributed by atoms with Crippen LogP contribution in [0.25, 0.3) is 10.4 Å². The minimum Gasteiger partial charge on any atom is -0.476 e. The van der Waals surface area contributed by atoms with E-state index in [9.17, 15) is 19.5 Å². The van der Waals surface area contributed by atoms with E-state index in [2.05, 4.69) is 20.2 Å². The van der Waals surface area contributed by atoms with Crippen molar-refractivity contribution in [3.8, 4) is 10.4 Å². The molecule has 7 rings (SSSR count). The highest BCUT2D eigenvalue weighted by molar-refractivity contribution is 7.17. The topological polar surface area (TPSA) is 125 Å². The molecule has 2 N–H and O–H groups in total. The molecule has 43 heavy (non-hydrogen) atoms. The molecule has 2 aromatic carbocycles. The Morgan fingerprint density at radius 2 is 1.74 bits per heavy atom. The van der Waals surface area contributed by atoms with E-state index < -0.39 is 5.97 Å². The van der Waals surface area contributed by atoms with Crippen molar-refractivity contribution in [2.24, 2.45) is 5.41 Å². The molecule has 5 heterocycles. The summed E-state index contributed by atoms with van der Waals surface area (Å²) in [5.41, 5.74) is 3.99. The zero-order valence-electron chi connectivity index (χ0n) is 23.3. The molecule has 1 spiro atoms. The Bertz CT molecular complexity index is 1720. The van der Waals surface area contributed by atoms with Gasteiger partial charge in [-0.25, -0.2) is 14.8 Å². The van der Waals surface area contributed by atoms with Crippen molar-refractivity contribution in [2.75, 3.05) is 48.0 Å². The van der Waals surface area contributed by atoms with Crippen molar-refractivity contribution in [2.45, 2.75) is 19.3 Å². The van der Waals surface area contributed by atoms with Crippen LogP contribution in [0.3, 0.4) is 0 Å². The van der Waals surface area contributed by atoms with Crippen molar-refractivity contribution in [1.29, 1.82) is 0 Å². The average Bonchev–Trinajstić information content (AvgIpc) is 3.39. The van der Waals surface area contributed by atoms with Gasteiger partial charge in [-0.05, 0) is 55.3 Å². The van der Waals surface area contributed by atoms with Crippen molar-refractivity contribution >= 4 is 46.3 Å². The smallest absolute Gasteiger partial charge is 0.365 e. The van der Waals surface area contributed by atoms with Crippen molar-refractivity contribution < 1.29 is 24.2 Å². The number of carbonyl (C=O) groups excluding carboxylic acids is 2. The second-order valence-corrected chi connectivity index (χ2v) is 12.2. The fourth-order valence-corrected chi connectivity index (χ4v) is 7.17. The molecule has 2 saturated heterocycles. The molecule has 4 aromatic rings. The Kier molecular flexibility index (Phi) is 6.91. The summed E-state index contributed by atoms with van der Waals surface area (Å²) < 4.78 is 5.53. The van der Waals surface area contributed by atoms with E-state index in [1.165, 1.54) is 0 Å². The molecule has 0 aliphatic carbocycles. The van der Waals surface area contributed by atoms with Crippen LogP contribution in [-0.4, -0.2) is 65.7 Å². The average molecular weight is 596 g/mol. The Labute approximate surface area is 252 Å². The van der Waals surface area contributed by atoms with Crippen LogP contribution < -0.4 is 15.1 Å². The largest absolute Gasteiger partial charge is 0.476 e. The first-order valence-electron chi connectivity index (χ1n) is 14.2. The summed E-state index contributed by atoms with van der Waals surface area (Å²) in [6.07, 6.45) is 4.21. The molecule has 11 heteroatoms. The maximum Gasteiger partial charge on any atom is 0.365 e.